The van der Waals surface area contributed by atoms with Gasteiger partial charge in [-0.2, -0.15) is 0 Å². The molecule has 2 rings (SSSR count). The van der Waals surface area contributed by atoms with Gasteiger partial charge < -0.3 is 14.6 Å². The van der Waals surface area contributed by atoms with Crippen LogP contribution < -0.4 is 9.47 Å². The van der Waals surface area contributed by atoms with Gasteiger partial charge in [-0.3, -0.25) is 19.8 Å². The van der Waals surface area contributed by atoms with E-state index in [1.165, 1.54) is 19.2 Å². The van der Waals surface area contributed by atoms with Crippen LogP contribution in [-0.2, 0) is 4.79 Å². The molecule has 0 spiro atoms. The minimum absolute atomic E-state index is 0.149. The number of hydrogen-bond acceptors (Lipinski definition) is 6. The first-order chi connectivity index (χ1) is 10.5. The standard InChI is InChI=1S/C14H18N2O6/c1-21-11-2-3-13(12(8-11)16(19)20)22-7-6-15-5-4-10(9-15)14(17)18/h2-3,8,10H,4-7,9H2,1H3,(H,17,18). The van der Waals surface area contributed by atoms with Crippen molar-refractivity contribution in [3.8, 4) is 11.5 Å². The summed E-state index contributed by atoms with van der Waals surface area (Å²) in [7, 11) is 1.44. The van der Waals surface area contributed by atoms with Gasteiger partial charge >= 0.3 is 11.7 Å². The van der Waals surface area contributed by atoms with Crippen molar-refractivity contribution in [2.75, 3.05) is 33.4 Å². The van der Waals surface area contributed by atoms with Gasteiger partial charge in [-0.15, -0.1) is 0 Å². The number of hydrogen-bond donors (Lipinski definition) is 1. The molecule has 0 radical (unpaired) electrons. The molecule has 1 fully saturated rings. The maximum atomic E-state index is 11.0. The van der Waals surface area contributed by atoms with E-state index < -0.39 is 10.9 Å². The lowest BCUT2D eigenvalue weighted by atomic mass is 10.1. The molecule has 8 heteroatoms. The summed E-state index contributed by atoms with van der Waals surface area (Å²) in [6, 6.07) is 4.41. The molecule has 1 atom stereocenters. The van der Waals surface area contributed by atoms with Gasteiger partial charge in [0.1, 0.15) is 12.4 Å². The first-order valence-electron chi connectivity index (χ1n) is 6.91. The van der Waals surface area contributed by atoms with E-state index in [4.69, 9.17) is 14.6 Å². The zero-order valence-electron chi connectivity index (χ0n) is 12.2. The molecule has 0 saturated carbocycles. The highest BCUT2D eigenvalue weighted by atomic mass is 16.6. The van der Waals surface area contributed by atoms with Gasteiger partial charge in [0.15, 0.2) is 5.75 Å². The molecule has 1 N–H and O–H groups in total. The molecule has 22 heavy (non-hydrogen) atoms. The van der Waals surface area contributed by atoms with E-state index in [1.54, 1.807) is 6.07 Å². The largest absolute Gasteiger partial charge is 0.496 e. The van der Waals surface area contributed by atoms with E-state index in [1.807, 2.05) is 4.90 Å². The zero-order valence-corrected chi connectivity index (χ0v) is 12.2. The normalized spacial score (nSPS) is 18.1. The van der Waals surface area contributed by atoms with Crippen LogP contribution in [0.25, 0.3) is 0 Å². The summed E-state index contributed by atoms with van der Waals surface area (Å²) in [6.45, 7) is 1.99. The fraction of sp³-hybridized carbons (Fsp3) is 0.500. The third-order valence-corrected chi connectivity index (χ3v) is 3.65. The fourth-order valence-electron chi connectivity index (χ4n) is 2.41. The number of nitrogens with zero attached hydrogens (tertiary/aromatic N) is 2. The Balaban J connectivity index is 1.89. The van der Waals surface area contributed by atoms with Crippen molar-refractivity contribution >= 4 is 11.7 Å². The second kappa shape index (κ2) is 7.08. The summed E-state index contributed by atoms with van der Waals surface area (Å²) in [6.07, 6.45) is 0.623. The van der Waals surface area contributed by atoms with Crippen molar-refractivity contribution < 1.29 is 24.3 Å². The number of benzene rings is 1. The van der Waals surface area contributed by atoms with Crippen LogP contribution in [0.5, 0.6) is 11.5 Å². The SMILES string of the molecule is COc1ccc(OCCN2CCC(C(=O)O)C2)c([N+](=O)[O-])c1. The highest BCUT2D eigenvalue weighted by Gasteiger charge is 2.27. The van der Waals surface area contributed by atoms with Crippen LogP contribution in [0.15, 0.2) is 18.2 Å². The molecule has 1 heterocycles. The Labute approximate surface area is 127 Å². The van der Waals surface area contributed by atoms with Crippen LogP contribution in [0.1, 0.15) is 6.42 Å². The van der Waals surface area contributed by atoms with Crippen LogP contribution in [0.4, 0.5) is 5.69 Å². The number of likely N-dealkylation sites (tertiary alicyclic amines) is 1. The third-order valence-electron chi connectivity index (χ3n) is 3.65. The minimum Gasteiger partial charge on any atom is -0.496 e. The second-order valence-electron chi connectivity index (χ2n) is 5.06. The predicted octanol–water partition coefficient (Wildman–Crippen LogP) is 1.39. The van der Waals surface area contributed by atoms with Crippen LogP contribution in [0, 0.1) is 16.0 Å². The van der Waals surface area contributed by atoms with Crippen molar-refractivity contribution in [3.05, 3.63) is 28.3 Å². The summed E-state index contributed by atoms with van der Waals surface area (Å²) < 4.78 is 10.4. The predicted molar refractivity (Wildman–Crippen MR) is 77.3 cm³/mol. The number of nitro benzene ring substituents is 1. The lowest BCUT2D eigenvalue weighted by Gasteiger charge is -2.15. The number of carboxylic acids is 1. The summed E-state index contributed by atoms with van der Waals surface area (Å²) in [5, 5.41) is 20.0. The van der Waals surface area contributed by atoms with Gasteiger partial charge in [0.25, 0.3) is 0 Å². The molecule has 1 aliphatic heterocycles. The Morgan fingerprint density at radius 2 is 2.32 bits per heavy atom. The molecule has 1 aliphatic rings. The molecule has 1 aromatic carbocycles. The fourth-order valence-corrected chi connectivity index (χ4v) is 2.41. The second-order valence-corrected chi connectivity index (χ2v) is 5.06. The molecule has 1 aromatic rings. The Morgan fingerprint density at radius 3 is 2.91 bits per heavy atom. The highest BCUT2D eigenvalue weighted by molar-refractivity contribution is 5.70. The van der Waals surface area contributed by atoms with Crippen molar-refractivity contribution in [2.24, 2.45) is 5.92 Å². The third kappa shape index (κ3) is 3.85. The van der Waals surface area contributed by atoms with E-state index in [0.717, 1.165) is 0 Å². The molecule has 0 aromatic heterocycles. The van der Waals surface area contributed by atoms with Gasteiger partial charge in [-0.25, -0.2) is 0 Å². The van der Waals surface area contributed by atoms with Crippen LogP contribution in [0.2, 0.25) is 0 Å². The number of carbonyl (C=O) groups is 1. The Hall–Kier alpha value is -2.35. The van der Waals surface area contributed by atoms with Gasteiger partial charge in [-0.05, 0) is 25.1 Å². The van der Waals surface area contributed by atoms with E-state index in [-0.39, 0.29) is 24.0 Å². The molecular weight excluding hydrogens is 292 g/mol. The minimum atomic E-state index is -0.783. The number of nitro groups is 1. The monoisotopic (exact) mass is 310 g/mol. The average Bonchev–Trinajstić information content (AvgIpc) is 2.96. The summed E-state index contributed by atoms with van der Waals surface area (Å²) in [5.41, 5.74) is -0.149. The first kappa shape index (κ1) is 16.0. The van der Waals surface area contributed by atoms with Gasteiger partial charge in [0.2, 0.25) is 0 Å². The zero-order chi connectivity index (χ0) is 16.1. The summed E-state index contributed by atoms with van der Waals surface area (Å²) in [4.78, 5) is 23.4. The Morgan fingerprint density at radius 1 is 1.55 bits per heavy atom. The summed E-state index contributed by atoms with van der Waals surface area (Å²) in [5.74, 6) is -0.549. The molecule has 0 amide bonds. The van der Waals surface area contributed by atoms with E-state index in [0.29, 0.717) is 31.8 Å². The Kier molecular flexibility index (Phi) is 5.16. The van der Waals surface area contributed by atoms with E-state index in [2.05, 4.69) is 0 Å². The van der Waals surface area contributed by atoms with Crippen molar-refractivity contribution in [1.82, 2.24) is 4.90 Å². The lowest BCUT2D eigenvalue weighted by molar-refractivity contribution is -0.385. The maximum absolute atomic E-state index is 11.0. The number of carboxylic acid groups (broad SMARTS) is 1. The lowest BCUT2D eigenvalue weighted by Crippen LogP contribution is -2.27. The number of methoxy groups -OCH3 is 1. The molecule has 0 aliphatic carbocycles. The topological polar surface area (TPSA) is 102 Å². The van der Waals surface area contributed by atoms with Crippen LogP contribution in [0.3, 0.4) is 0 Å². The van der Waals surface area contributed by atoms with Crippen molar-refractivity contribution in [2.45, 2.75) is 6.42 Å². The highest BCUT2D eigenvalue weighted by Crippen LogP contribution is 2.31. The number of ether oxygens (including phenoxy) is 2. The Bertz CT molecular complexity index is 562. The smallest absolute Gasteiger partial charge is 0.314 e. The quantitative estimate of drug-likeness (QED) is 0.599. The average molecular weight is 310 g/mol. The number of aliphatic carboxylic acids is 1. The molecule has 0 bridgehead atoms. The summed E-state index contributed by atoms with van der Waals surface area (Å²) >= 11 is 0. The molecular formula is C14H18N2O6. The van der Waals surface area contributed by atoms with Gasteiger partial charge in [0, 0.05) is 13.1 Å². The van der Waals surface area contributed by atoms with Crippen LogP contribution in [-0.4, -0.2) is 54.3 Å². The maximum Gasteiger partial charge on any atom is 0.314 e. The van der Waals surface area contributed by atoms with Crippen LogP contribution >= 0.6 is 0 Å². The van der Waals surface area contributed by atoms with Gasteiger partial charge in [0.05, 0.1) is 24.0 Å². The number of rotatable bonds is 7. The molecule has 8 nitrogen and oxygen atoms in total. The van der Waals surface area contributed by atoms with E-state index in [9.17, 15) is 14.9 Å². The first-order valence-corrected chi connectivity index (χ1v) is 6.91. The molecule has 1 saturated heterocycles. The van der Waals surface area contributed by atoms with Crippen molar-refractivity contribution in [1.29, 1.82) is 0 Å². The van der Waals surface area contributed by atoms with E-state index >= 15 is 0 Å². The molecule has 120 valence electrons. The van der Waals surface area contributed by atoms with Gasteiger partial charge in [-0.1, -0.05) is 0 Å². The molecule has 1 unspecified atom stereocenters. The van der Waals surface area contributed by atoms with Crippen molar-refractivity contribution in [3.63, 3.8) is 0 Å².